The van der Waals surface area contributed by atoms with Crippen LogP contribution in [-0.2, 0) is 6.16 Å². The van der Waals surface area contributed by atoms with Gasteiger partial charge in [-0.05, 0) is 23.4 Å². The fourth-order valence-corrected chi connectivity index (χ4v) is 4.34. The molecule has 0 radical (unpaired) electrons. The first-order valence-corrected chi connectivity index (χ1v) is 8.42. The van der Waals surface area contributed by atoms with Gasteiger partial charge in [0.1, 0.15) is 0 Å². The van der Waals surface area contributed by atoms with Crippen molar-refractivity contribution >= 4 is 21.8 Å². The Labute approximate surface area is 98.1 Å². The zero-order valence-corrected chi connectivity index (χ0v) is 12.0. The van der Waals surface area contributed by atoms with E-state index in [1.165, 1.54) is 56.1 Å². The van der Waals surface area contributed by atoms with Crippen molar-refractivity contribution in [2.24, 2.45) is 0 Å². The maximum absolute atomic E-state index is 2.89. The van der Waals surface area contributed by atoms with E-state index in [4.69, 9.17) is 0 Å². The Bertz CT molecular complexity index is 253. The molecule has 86 valence electrons. The van der Waals surface area contributed by atoms with Gasteiger partial charge >= 0.3 is 0 Å². The highest BCUT2D eigenvalue weighted by atomic mass is 31.1. The molecule has 2 heteroatoms. The predicted molar refractivity (Wildman–Crippen MR) is 76.5 cm³/mol. The maximum atomic E-state index is 2.89. The molecule has 0 aliphatic heterocycles. The summed E-state index contributed by atoms with van der Waals surface area (Å²) in [6, 6.07) is 4.47. The first kappa shape index (κ1) is 13.3. The van der Waals surface area contributed by atoms with E-state index >= 15 is 0 Å². The second-order valence-electron chi connectivity index (χ2n) is 4.25. The first-order chi connectivity index (χ1) is 7.34. The molecule has 0 aromatic carbocycles. The summed E-state index contributed by atoms with van der Waals surface area (Å²) in [7, 11) is 2.99. The summed E-state index contributed by atoms with van der Waals surface area (Å²) in [6.07, 6.45) is 11.4. The lowest BCUT2D eigenvalue weighted by molar-refractivity contribution is 0.598. The number of hydrogen-bond donors (Lipinski definition) is 0. The van der Waals surface area contributed by atoms with Crippen molar-refractivity contribution in [1.29, 1.82) is 0 Å². The molecule has 2 atom stereocenters. The maximum Gasteiger partial charge on any atom is -0.0110 e. The van der Waals surface area contributed by atoms with Gasteiger partial charge in [0.05, 0.1) is 0 Å². The summed E-state index contributed by atoms with van der Waals surface area (Å²) < 4.78 is 0. The van der Waals surface area contributed by atoms with Crippen molar-refractivity contribution in [3.8, 4) is 0 Å². The first-order valence-electron chi connectivity index (χ1n) is 6.25. The minimum atomic E-state index is 0.110. The van der Waals surface area contributed by atoms with Gasteiger partial charge in [0.15, 0.2) is 0 Å². The van der Waals surface area contributed by atoms with Crippen molar-refractivity contribution < 1.29 is 0 Å². The Morgan fingerprint density at radius 2 is 1.73 bits per heavy atom. The van der Waals surface area contributed by atoms with Gasteiger partial charge in [-0.25, -0.2) is 0 Å². The van der Waals surface area contributed by atoms with Crippen LogP contribution < -0.4 is 5.04 Å². The van der Waals surface area contributed by atoms with Crippen LogP contribution >= 0.6 is 16.8 Å². The quantitative estimate of drug-likeness (QED) is 0.448. The van der Waals surface area contributed by atoms with Crippen molar-refractivity contribution in [3.05, 3.63) is 17.9 Å². The minimum Gasteiger partial charge on any atom is -0.118 e. The molecule has 0 spiro atoms. The van der Waals surface area contributed by atoms with E-state index < -0.39 is 0 Å². The normalized spacial score (nSPS) is 12.0. The summed E-state index contributed by atoms with van der Waals surface area (Å²) in [4.78, 5) is 0. The Balaban J connectivity index is 1.96. The van der Waals surface area contributed by atoms with E-state index in [2.05, 4.69) is 34.1 Å². The smallest absolute Gasteiger partial charge is 0.0110 e. The highest BCUT2D eigenvalue weighted by Crippen LogP contribution is 2.29. The molecule has 1 rings (SSSR count). The summed E-state index contributed by atoms with van der Waals surface area (Å²) >= 11 is 0. The van der Waals surface area contributed by atoms with E-state index in [1.54, 1.807) is 0 Å². The fourth-order valence-electron chi connectivity index (χ4n) is 1.87. The molecule has 0 aliphatic carbocycles. The topological polar surface area (TPSA) is 0 Å². The van der Waals surface area contributed by atoms with Gasteiger partial charge in [-0.1, -0.05) is 57.6 Å². The monoisotopic (exact) mass is 242 g/mol. The van der Waals surface area contributed by atoms with E-state index in [1.807, 2.05) is 0 Å². The van der Waals surface area contributed by atoms with Crippen molar-refractivity contribution in [2.75, 3.05) is 0 Å². The van der Waals surface area contributed by atoms with Crippen LogP contribution in [0.2, 0.25) is 0 Å². The standard InChI is InChI=1S/C13H24P2/c1-2-3-4-5-6-7-8-11-15-12-9-10-13(15)14/h9-10,12H,2-8,11,14H2,1H3. The van der Waals surface area contributed by atoms with Crippen LogP contribution in [0.5, 0.6) is 0 Å². The second-order valence-corrected chi connectivity index (χ2v) is 7.56. The average molecular weight is 242 g/mol. The second kappa shape index (κ2) is 8.37. The number of rotatable bonds is 8. The Morgan fingerprint density at radius 3 is 2.33 bits per heavy atom. The van der Waals surface area contributed by atoms with Crippen LogP contribution in [0.15, 0.2) is 17.9 Å². The molecule has 0 saturated heterocycles. The highest BCUT2D eigenvalue weighted by Gasteiger charge is 1.97. The Kier molecular flexibility index (Phi) is 7.41. The van der Waals surface area contributed by atoms with E-state index in [9.17, 15) is 0 Å². The van der Waals surface area contributed by atoms with Crippen LogP contribution in [-0.4, -0.2) is 0 Å². The molecule has 0 amide bonds. The van der Waals surface area contributed by atoms with Gasteiger partial charge in [-0.2, -0.15) is 0 Å². The van der Waals surface area contributed by atoms with Crippen LogP contribution in [0, 0.1) is 0 Å². The van der Waals surface area contributed by atoms with E-state index in [0.29, 0.717) is 0 Å². The predicted octanol–water partition coefficient (Wildman–Crippen LogP) is 4.92. The Morgan fingerprint density at radius 1 is 1.07 bits per heavy atom. The third-order valence-electron chi connectivity index (χ3n) is 2.87. The number of aryl methyl sites for hydroxylation is 1. The van der Waals surface area contributed by atoms with E-state index in [0.717, 1.165) is 0 Å². The lowest BCUT2D eigenvalue weighted by Crippen LogP contribution is -1.83. The third kappa shape index (κ3) is 5.74. The van der Waals surface area contributed by atoms with E-state index in [-0.39, 0.29) is 7.53 Å². The molecular weight excluding hydrogens is 218 g/mol. The SMILES string of the molecule is CCCCCCCCCp1cccc1P. The lowest BCUT2D eigenvalue weighted by Gasteiger charge is -2.02. The fraction of sp³-hybridized carbons (Fsp3) is 0.692. The lowest BCUT2D eigenvalue weighted by atomic mass is 10.1. The summed E-state index contributed by atoms with van der Waals surface area (Å²) in [6.45, 7) is 2.28. The number of hydrogen-bond acceptors (Lipinski definition) is 0. The molecule has 0 N–H and O–H groups in total. The summed E-state index contributed by atoms with van der Waals surface area (Å²) in [5, 5.41) is 1.54. The summed E-state index contributed by atoms with van der Waals surface area (Å²) in [5.74, 6) is 2.40. The molecule has 0 bridgehead atoms. The van der Waals surface area contributed by atoms with Gasteiger partial charge in [-0.15, -0.1) is 16.8 Å². The molecule has 1 aromatic heterocycles. The molecular formula is C13H24P2. The molecule has 1 heterocycles. The van der Waals surface area contributed by atoms with Gasteiger partial charge < -0.3 is 0 Å². The minimum absolute atomic E-state index is 0.110. The van der Waals surface area contributed by atoms with Crippen LogP contribution in [0.4, 0.5) is 0 Å². The molecule has 0 aliphatic rings. The molecule has 15 heavy (non-hydrogen) atoms. The van der Waals surface area contributed by atoms with Gasteiger partial charge in [0.2, 0.25) is 0 Å². The molecule has 1 aromatic rings. The Hall–Kier alpha value is 0.210. The van der Waals surface area contributed by atoms with Crippen LogP contribution in [0.3, 0.4) is 0 Å². The zero-order valence-electron chi connectivity index (χ0n) is 9.91. The largest absolute Gasteiger partial charge is 0.118 e. The third-order valence-corrected chi connectivity index (χ3v) is 6.20. The summed E-state index contributed by atoms with van der Waals surface area (Å²) in [5.41, 5.74) is 0. The van der Waals surface area contributed by atoms with Crippen molar-refractivity contribution in [3.63, 3.8) is 0 Å². The molecule has 0 nitrogen and oxygen atoms in total. The van der Waals surface area contributed by atoms with Gasteiger partial charge in [-0.3, -0.25) is 0 Å². The average Bonchev–Trinajstić information content (AvgIpc) is 2.63. The molecule has 2 unspecified atom stereocenters. The molecule has 0 fully saturated rings. The highest BCUT2D eigenvalue weighted by molar-refractivity contribution is 7.63. The van der Waals surface area contributed by atoms with Gasteiger partial charge in [0, 0.05) is 0 Å². The van der Waals surface area contributed by atoms with Gasteiger partial charge in [0.25, 0.3) is 0 Å². The van der Waals surface area contributed by atoms with Crippen LogP contribution in [0.25, 0.3) is 0 Å². The van der Waals surface area contributed by atoms with Crippen molar-refractivity contribution in [2.45, 2.75) is 58.0 Å². The van der Waals surface area contributed by atoms with Crippen LogP contribution in [0.1, 0.15) is 51.9 Å². The zero-order chi connectivity index (χ0) is 10.9. The number of unbranched alkanes of at least 4 members (excludes halogenated alkanes) is 6. The molecule has 0 saturated carbocycles. The van der Waals surface area contributed by atoms with Crippen molar-refractivity contribution in [1.82, 2.24) is 0 Å².